The summed E-state index contributed by atoms with van der Waals surface area (Å²) in [5.74, 6) is -0.124. The van der Waals surface area contributed by atoms with Crippen LogP contribution in [0.1, 0.15) is 33.6 Å². The van der Waals surface area contributed by atoms with Crippen molar-refractivity contribution in [1.29, 1.82) is 0 Å². The first-order valence-electron chi connectivity index (χ1n) is 5.42. The topological polar surface area (TPSA) is 46.5 Å². The minimum Gasteiger partial charge on any atom is -0.466 e. The van der Waals surface area contributed by atoms with Crippen molar-refractivity contribution in [3.63, 3.8) is 0 Å². The van der Waals surface area contributed by atoms with E-state index in [0.29, 0.717) is 12.5 Å². The van der Waals surface area contributed by atoms with Gasteiger partial charge in [-0.15, -0.1) is 0 Å². The van der Waals surface area contributed by atoms with Gasteiger partial charge in [0.15, 0.2) is 0 Å². The largest absolute Gasteiger partial charge is 0.466 e. The van der Waals surface area contributed by atoms with Gasteiger partial charge in [0.2, 0.25) is 0 Å². The number of carbonyl (C=O) groups excluding carboxylic acids is 1. The third-order valence-electron chi connectivity index (χ3n) is 2.75. The molecule has 0 amide bonds. The lowest BCUT2D eigenvalue weighted by Gasteiger charge is -2.24. The van der Waals surface area contributed by atoms with Gasteiger partial charge in [-0.1, -0.05) is 13.8 Å². The van der Waals surface area contributed by atoms with Crippen LogP contribution < -0.4 is 0 Å². The fourth-order valence-corrected chi connectivity index (χ4v) is 1.78. The highest BCUT2D eigenvalue weighted by atomic mass is 16.5. The molecule has 1 rings (SSSR count). The predicted octanol–water partition coefficient (Wildman–Crippen LogP) is 1.59. The monoisotopic (exact) mass is 200 g/mol. The van der Waals surface area contributed by atoms with E-state index in [1.807, 2.05) is 13.8 Å². The van der Waals surface area contributed by atoms with Crippen LogP contribution in [-0.4, -0.2) is 23.8 Å². The number of hydrogen-bond acceptors (Lipinski definition) is 3. The second-order valence-electron chi connectivity index (χ2n) is 4.35. The summed E-state index contributed by atoms with van der Waals surface area (Å²) in [6.45, 7) is 6.08. The summed E-state index contributed by atoms with van der Waals surface area (Å²) in [7, 11) is 0. The highest BCUT2D eigenvalue weighted by Gasteiger charge is 2.40. The van der Waals surface area contributed by atoms with Crippen LogP contribution in [0.5, 0.6) is 0 Å². The SMILES string of the molecule is CCOC(=O)C(C(C)C)C(O)C1CC1. The zero-order valence-corrected chi connectivity index (χ0v) is 9.19. The molecule has 3 nitrogen and oxygen atoms in total. The number of rotatable bonds is 5. The maximum absolute atomic E-state index is 11.6. The molecule has 0 aromatic heterocycles. The van der Waals surface area contributed by atoms with Crippen LogP contribution in [0.2, 0.25) is 0 Å². The number of aliphatic hydroxyl groups is 1. The van der Waals surface area contributed by atoms with Crippen LogP contribution in [0.3, 0.4) is 0 Å². The van der Waals surface area contributed by atoms with Crippen LogP contribution in [-0.2, 0) is 9.53 Å². The highest BCUT2D eigenvalue weighted by molar-refractivity contribution is 5.73. The minimum absolute atomic E-state index is 0.143. The smallest absolute Gasteiger partial charge is 0.311 e. The van der Waals surface area contributed by atoms with Crippen LogP contribution >= 0.6 is 0 Å². The van der Waals surface area contributed by atoms with Crippen LogP contribution in [0.25, 0.3) is 0 Å². The summed E-state index contributed by atoms with van der Waals surface area (Å²) < 4.78 is 4.97. The van der Waals surface area contributed by atoms with E-state index >= 15 is 0 Å². The van der Waals surface area contributed by atoms with E-state index in [1.54, 1.807) is 6.92 Å². The molecule has 0 heterocycles. The predicted molar refractivity (Wildman–Crippen MR) is 53.7 cm³/mol. The molecule has 0 radical (unpaired) electrons. The lowest BCUT2D eigenvalue weighted by Crippen LogP contribution is -2.35. The molecule has 2 unspecified atom stereocenters. The van der Waals surface area contributed by atoms with E-state index in [9.17, 15) is 9.90 Å². The molecule has 14 heavy (non-hydrogen) atoms. The summed E-state index contributed by atoms with van der Waals surface area (Å²) in [5.41, 5.74) is 0. The molecule has 3 heteroatoms. The summed E-state index contributed by atoms with van der Waals surface area (Å²) in [5, 5.41) is 9.92. The summed E-state index contributed by atoms with van der Waals surface area (Å²) in [4.78, 5) is 11.6. The Morgan fingerprint density at radius 1 is 1.50 bits per heavy atom. The Kier molecular flexibility index (Phi) is 3.93. The quantitative estimate of drug-likeness (QED) is 0.685. The van der Waals surface area contributed by atoms with Crippen molar-refractivity contribution in [3.05, 3.63) is 0 Å². The molecule has 0 aromatic carbocycles. The second kappa shape index (κ2) is 4.78. The third kappa shape index (κ3) is 2.71. The van der Waals surface area contributed by atoms with Gasteiger partial charge in [-0.25, -0.2) is 0 Å². The molecule has 0 aromatic rings. The van der Waals surface area contributed by atoms with Crippen LogP contribution in [0, 0.1) is 17.8 Å². The Bertz CT molecular complexity index is 197. The van der Waals surface area contributed by atoms with E-state index in [4.69, 9.17) is 4.74 Å². The Balaban J connectivity index is 2.57. The van der Waals surface area contributed by atoms with Crippen LogP contribution in [0.15, 0.2) is 0 Å². The fourth-order valence-electron chi connectivity index (χ4n) is 1.78. The zero-order chi connectivity index (χ0) is 10.7. The molecular formula is C11H20O3. The van der Waals surface area contributed by atoms with E-state index in [2.05, 4.69) is 0 Å². The van der Waals surface area contributed by atoms with Gasteiger partial charge in [0, 0.05) is 0 Å². The van der Waals surface area contributed by atoms with Crippen LogP contribution in [0.4, 0.5) is 0 Å². The molecule has 0 saturated heterocycles. The van der Waals surface area contributed by atoms with Crippen molar-refractivity contribution < 1.29 is 14.6 Å². The first-order valence-corrected chi connectivity index (χ1v) is 5.42. The van der Waals surface area contributed by atoms with E-state index in [1.165, 1.54) is 0 Å². The van der Waals surface area contributed by atoms with Crippen molar-refractivity contribution in [2.24, 2.45) is 17.8 Å². The van der Waals surface area contributed by atoms with Gasteiger partial charge in [-0.2, -0.15) is 0 Å². The Morgan fingerprint density at radius 3 is 2.43 bits per heavy atom. The average Bonchev–Trinajstić information content (AvgIpc) is 2.85. The maximum atomic E-state index is 11.6. The van der Waals surface area contributed by atoms with Crippen molar-refractivity contribution in [3.8, 4) is 0 Å². The van der Waals surface area contributed by atoms with Crippen molar-refractivity contribution in [2.45, 2.75) is 39.7 Å². The number of carbonyl (C=O) groups is 1. The van der Waals surface area contributed by atoms with Crippen molar-refractivity contribution in [1.82, 2.24) is 0 Å². The molecule has 0 aliphatic heterocycles. The summed E-state index contributed by atoms with van der Waals surface area (Å²) in [6, 6.07) is 0. The first kappa shape index (κ1) is 11.5. The highest BCUT2D eigenvalue weighted by Crippen LogP contribution is 2.38. The molecule has 2 atom stereocenters. The molecule has 1 aliphatic carbocycles. The number of hydrogen-bond donors (Lipinski definition) is 1. The van der Waals surface area contributed by atoms with E-state index in [-0.39, 0.29) is 17.8 Å². The molecule has 0 spiro atoms. The maximum Gasteiger partial charge on any atom is 0.311 e. The van der Waals surface area contributed by atoms with E-state index < -0.39 is 6.10 Å². The number of esters is 1. The second-order valence-corrected chi connectivity index (χ2v) is 4.35. The lowest BCUT2D eigenvalue weighted by molar-refractivity contribution is -0.155. The Labute approximate surface area is 85.5 Å². The third-order valence-corrected chi connectivity index (χ3v) is 2.75. The van der Waals surface area contributed by atoms with Crippen molar-refractivity contribution >= 4 is 5.97 Å². The molecule has 1 fully saturated rings. The average molecular weight is 200 g/mol. The standard InChI is InChI=1S/C11H20O3/c1-4-14-11(13)9(7(2)3)10(12)8-5-6-8/h7-10,12H,4-6H2,1-3H3. The van der Waals surface area contributed by atoms with Gasteiger partial charge >= 0.3 is 5.97 Å². The number of aliphatic hydroxyl groups excluding tert-OH is 1. The Hall–Kier alpha value is -0.570. The normalized spacial score (nSPS) is 20.6. The molecule has 1 saturated carbocycles. The van der Waals surface area contributed by atoms with E-state index in [0.717, 1.165) is 12.8 Å². The number of ether oxygens (including phenoxy) is 1. The van der Waals surface area contributed by atoms with Gasteiger partial charge in [0.05, 0.1) is 18.6 Å². The van der Waals surface area contributed by atoms with Crippen molar-refractivity contribution in [2.75, 3.05) is 6.61 Å². The van der Waals surface area contributed by atoms with Gasteiger partial charge in [-0.3, -0.25) is 4.79 Å². The van der Waals surface area contributed by atoms with Gasteiger partial charge in [0.25, 0.3) is 0 Å². The Morgan fingerprint density at radius 2 is 2.07 bits per heavy atom. The first-order chi connectivity index (χ1) is 6.57. The van der Waals surface area contributed by atoms with Gasteiger partial charge in [0.1, 0.15) is 0 Å². The van der Waals surface area contributed by atoms with Gasteiger partial charge < -0.3 is 9.84 Å². The molecular weight excluding hydrogens is 180 g/mol. The lowest BCUT2D eigenvalue weighted by atomic mass is 9.88. The molecule has 82 valence electrons. The minimum atomic E-state index is -0.506. The fraction of sp³-hybridized carbons (Fsp3) is 0.909. The zero-order valence-electron chi connectivity index (χ0n) is 9.19. The molecule has 1 aliphatic rings. The summed E-state index contributed by atoms with van der Waals surface area (Å²) in [6.07, 6.45) is 1.59. The molecule has 1 N–H and O–H groups in total. The summed E-state index contributed by atoms with van der Waals surface area (Å²) >= 11 is 0. The molecule has 0 bridgehead atoms. The van der Waals surface area contributed by atoms with Gasteiger partial charge in [-0.05, 0) is 31.6 Å².